The Hall–Kier alpha value is -0.780. The van der Waals surface area contributed by atoms with Gasteiger partial charge in [0.15, 0.2) is 0 Å². The van der Waals surface area contributed by atoms with Gasteiger partial charge in [-0.2, -0.15) is 0 Å². The Bertz CT molecular complexity index is 140. The summed E-state index contributed by atoms with van der Waals surface area (Å²) in [5, 5.41) is 0. The molecule has 0 spiro atoms. The summed E-state index contributed by atoms with van der Waals surface area (Å²) in [6.07, 6.45) is 7.20. The zero-order chi connectivity index (χ0) is 7.98. The predicted molar refractivity (Wildman–Crippen MR) is 47.9 cm³/mol. The van der Waals surface area contributed by atoms with Gasteiger partial charge in [0.05, 0.1) is 0 Å². The molecule has 0 radical (unpaired) electrons. The highest BCUT2D eigenvalue weighted by Crippen LogP contribution is 2.03. The molecule has 0 aliphatic heterocycles. The minimum Gasteiger partial charge on any atom is -0.103 e. The molecule has 0 aromatic carbocycles. The van der Waals surface area contributed by atoms with Gasteiger partial charge in [-0.05, 0) is 19.3 Å². The van der Waals surface area contributed by atoms with E-state index in [1.165, 1.54) is 0 Å². The van der Waals surface area contributed by atoms with Crippen LogP contribution in [0.3, 0.4) is 0 Å². The van der Waals surface area contributed by atoms with E-state index in [4.69, 9.17) is 0 Å². The van der Waals surface area contributed by atoms with Crippen LogP contribution in [-0.2, 0) is 0 Å². The van der Waals surface area contributed by atoms with Crippen LogP contribution in [0, 0.1) is 5.92 Å². The van der Waals surface area contributed by atoms with Crippen molar-refractivity contribution < 1.29 is 0 Å². The third kappa shape index (κ3) is 5.36. The summed E-state index contributed by atoms with van der Waals surface area (Å²) in [6.45, 7) is 11.6. The van der Waals surface area contributed by atoms with E-state index in [0.29, 0.717) is 5.92 Å². The average molecular weight is 136 g/mol. The van der Waals surface area contributed by atoms with Crippen molar-refractivity contribution in [3.05, 3.63) is 37.0 Å². The fourth-order valence-electron chi connectivity index (χ4n) is 0.580. The van der Waals surface area contributed by atoms with Gasteiger partial charge in [-0.1, -0.05) is 37.3 Å². The normalized spacial score (nSPS) is 13.4. The molecular formula is C10H16. The maximum atomic E-state index is 3.77. The first-order valence-electron chi connectivity index (χ1n) is 3.61. The SMILES string of the molecule is C=C[C@H](C)C/C=C/C(=C)C. The summed E-state index contributed by atoms with van der Waals surface area (Å²) in [5.41, 5.74) is 1.11. The van der Waals surface area contributed by atoms with Crippen molar-refractivity contribution in [3.63, 3.8) is 0 Å². The van der Waals surface area contributed by atoms with Gasteiger partial charge in [-0.25, -0.2) is 0 Å². The zero-order valence-corrected chi connectivity index (χ0v) is 6.93. The summed E-state index contributed by atoms with van der Waals surface area (Å²) in [6, 6.07) is 0. The smallest absolute Gasteiger partial charge is 0.0230 e. The van der Waals surface area contributed by atoms with Crippen molar-refractivity contribution in [2.24, 2.45) is 5.92 Å². The van der Waals surface area contributed by atoms with E-state index in [1.807, 2.05) is 19.1 Å². The first-order chi connectivity index (χ1) is 4.66. The molecule has 0 saturated carbocycles. The summed E-state index contributed by atoms with van der Waals surface area (Å²) in [5.74, 6) is 0.579. The Balaban J connectivity index is 3.52. The number of hydrogen-bond acceptors (Lipinski definition) is 0. The quantitative estimate of drug-likeness (QED) is 0.411. The molecule has 0 saturated heterocycles. The Morgan fingerprint density at radius 1 is 1.60 bits per heavy atom. The monoisotopic (exact) mass is 136 g/mol. The molecule has 1 atom stereocenters. The van der Waals surface area contributed by atoms with E-state index in [0.717, 1.165) is 12.0 Å². The molecule has 0 rings (SSSR count). The lowest BCUT2D eigenvalue weighted by molar-refractivity contribution is 0.746. The van der Waals surface area contributed by atoms with Crippen LogP contribution in [0.25, 0.3) is 0 Å². The van der Waals surface area contributed by atoms with Gasteiger partial charge >= 0.3 is 0 Å². The van der Waals surface area contributed by atoms with E-state index in [2.05, 4.69) is 26.2 Å². The maximum absolute atomic E-state index is 3.77. The second kappa shape index (κ2) is 5.04. The Kier molecular flexibility index (Phi) is 4.65. The summed E-state index contributed by atoms with van der Waals surface area (Å²) < 4.78 is 0. The number of rotatable bonds is 4. The highest BCUT2D eigenvalue weighted by molar-refractivity contribution is 5.11. The van der Waals surface area contributed by atoms with Crippen LogP contribution < -0.4 is 0 Å². The molecule has 0 nitrogen and oxygen atoms in total. The fourth-order valence-corrected chi connectivity index (χ4v) is 0.580. The molecule has 56 valence electrons. The van der Waals surface area contributed by atoms with E-state index in [9.17, 15) is 0 Å². The molecule has 0 aliphatic carbocycles. The highest BCUT2D eigenvalue weighted by atomic mass is 13.9. The first kappa shape index (κ1) is 9.22. The maximum Gasteiger partial charge on any atom is -0.0230 e. The lowest BCUT2D eigenvalue weighted by Gasteiger charge is -1.97. The minimum absolute atomic E-state index is 0.579. The summed E-state index contributed by atoms with van der Waals surface area (Å²) in [7, 11) is 0. The molecule has 0 bridgehead atoms. The molecule has 10 heavy (non-hydrogen) atoms. The van der Waals surface area contributed by atoms with Gasteiger partial charge < -0.3 is 0 Å². The second-order valence-corrected chi connectivity index (χ2v) is 2.70. The van der Waals surface area contributed by atoms with Gasteiger partial charge in [0.25, 0.3) is 0 Å². The third-order valence-electron chi connectivity index (χ3n) is 1.31. The van der Waals surface area contributed by atoms with E-state index < -0.39 is 0 Å². The zero-order valence-electron chi connectivity index (χ0n) is 6.93. The average Bonchev–Trinajstić information content (AvgIpc) is 1.87. The van der Waals surface area contributed by atoms with Crippen LogP contribution in [-0.4, -0.2) is 0 Å². The van der Waals surface area contributed by atoms with E-state index in [1.54, 1.807) is 0 Å². The number of allylic oxidation sites excluding steroid dienone is 4. The third-order valence-corrected chi connectivity index (χ3v) is 1.31. The van der Waals surface area contributed by atoms with Crippen molar-refractivity contribution in [1.29, 1.82) is 0 Å². The Labute approximate surface area is 64.0 Å². The minimum atomic E-state index is 0.579. The van der Waals surface area contributed by atoms with Crippen LogP contribution >= 0.6 is 0 Å². The van der Waals surface area contributed by atoms with Crippen molar-refractivity contribution in [2.75, 3.05) is 0 Å². The lowest BCUT2D eigenvalue weighted by atomic mass is 10.1. The molecule has 0 heteroatoms. The molecular weight excluding hydrogens is 120 g/mol. The highest BCUT2D eigenvalue weighted by Gasteiger charge is 1.88. The summed E-state index contributed by atoms with van der Waals surface area (Å²) >= 11 is 0. The molecule has 0 unspecified atom stereocenters. The predicted octanol–water partition coefficient (Wildman–Crippen LogP) is 3.33. The molecule has 0 fully saturated rings. The van der Waals surface area contributed by atoms with Crippen LogP contribution in [0.2, 0.25) is 0 Å². The van der Waals surface area contributed by atoms with Crippen molar-refractivity contribution in [1.82, 2.24) is 0 Å². The Morgan fingerprint density at radius 3 is 2.60 bits per heavy atom. The topological polar surface area (TPSA) is 0 Å². The van der Waals surface area contributed by atoms with Crippen LogP contribution in [0.4, 0.5) is 0 Å². The summed E-state index contributed by atoms with van der Waals surface area (Å²) in [4.78, 5) is 0. The van der Waals surface area contributed by atoms with Crippen LogP contribution in [0.15, 0.2) is 37.0 Å². The lowest BCUT2D eigenvalue weighted by Crippen LogP contribution is -1.83. The fraction of sp³-hybridized carbons (Fsp3) is 0.400. The molecule has 0 amide bonds. The molecule has 0 aromatic rings. The molecule has 0 N–H and O–H groups in total. The van der Waals surface area contributed by atoms with E-state index in [-0.39, 0.29) is 0 Å². The molecule has 0 aliphatic rings. The van der Waals surface area contributed by atoms with Gasteiger partial charge in [0, 0.05) is 0 Å². The molecule has 0 heterocycles. The largest absolute Gasteiger partial charge is 0.103 e. The number of hydrogen-bond donors (Lipinski definition) is 0. The van der Waals surface area contributed by atoms with E-state index >= 15 is 0 Å². The van der Waals surface area contributed by atoms with Crippen molar-refractivity contribution >= 4 is 0 Å². The first-order valence-corrected chi connectivity index (χ1v) is 3.61. The van der Waals surface area contributed by atoms with Crippen LogP contribution in [0.5, 0.6) is 0 Å². The van der Waals surface area contributed by atoms with Crippen LogP contribution in [0.1, 0.15) is 20.3 Å². The van der Waals surface area contributed by atoms with Gasteiger partial charge in [0.2, 0.25) is 0 Å². The van der Waals surface area contributed by atoms with Crippen molar-refractivity contribution in [2.45, 2.75) is 20.3 Å². The van der Waals surface area contributed by atoms with Gasteiger partial charge in [-0.15, -0.1) is 6.58 Å². The Morgan fingerprint density at radius 2 is 2.20 bits per heavy atom. The van der Waals surface area contributed by atoms with Crippen molar-refractivity contribution in [3.8, 4) is 0 Å². The molecule has 0 aromatic heterocycles. The second-order valence-electron chi connectivity index (χ2n) is 2.70. The standard InChI is InChI=1S/C10H16/c1-5-10(4)8-6-7-9(2)3/h5-7,10H,1-2,8H2,3-4H3/b7-6+/t10-/m0/s1. The van der Waals surface area contributed by atoms with Gasteiger partial charge in [-0.3, -0.25) is 0 Å². The van der Waals surface area contributed by atoms with Gasteiger partial charge in [0.1, 0.15) is 0 Å².